The largest absolute Gasteiger partial charge is 0 e. The van der Waals surface area contributed by atoms with Gasteiger partial charge in [-0.15, -0.1) is 0 Å². The molecule has 0 unspecified atom stereocenters. The number of hydrogen-bond acceptors (Lipinski definition) is 0. The van der Waals surface area contributed by atoms with Crippen molar-refractivity contribution in [1.82, 2.24) is 0 Å². The zero-order chi connectivity index (χ0) is 2.00. The Labute approximate surface area is 68.5 Å². The van der Waals surface area contributed by atoms with Crippen molar-refractivity contribution in [1.29, 1.82) is 0 Å². The van der Waals surface area contributed by atoms with Crippen LogP contribution in [0, 0.1) is 0 Å². The Morgan fingerprint density at radius 3 is 1.25 bits per heavy atom. The van der Waals surface area contributed by atoms with Crippen LogP contribution in [-0.4, -0.2) is 33.6 Å². The van der Waals surface area contributed by atoms with E-state index in [4.69, 9.17) is 0 Å². The first-order chi connectivity index (χ1) is 1.00. The van der Waals surface area contributed by atoms with Gasteiger partial charge in [0.2, 0.25) is 0 Å². The molecule has 0 radical (unpaired) electrons. The summed E-state index contributed by atoms with van der Waals surface area (Å²) in [5, 5.41) is 0. The van der Waals surface area contributed by atoms with E-state index in [9.17, 15) is 0 Å². The van der Waals surface area contributed by atoms with Gasteiger partial charge < -0.3 is 0 Å². The maximum absolute atomic E-state index is 1.49. The Morgan fingerprint density at radius 2 is 1.25 bits per heavy atom. The third kappa shape index (κ3) is 8.82. The van der Waals surface area contributed by atoms with E-state index in [1.807, 2.05) is 0 Å². The number of rotatable bonds is 0. The van der Waals surface area contributed by atoms with E-state index in [0.717, 1.165) is 0 Å². The Morgan fingerprint density at radius 1 is 1.25 bits per heavy atom. The van der Waals surface area contributed by atoms with Crippen LogP contribution in [-0.2, 0) is 36.0 Å². The van der Waals surface area contributed by atoms with E-state index in [-0.39, 0.29) is 36.0 Å². The SMILES string of the molecule is [AlH2][SbH2].[Ni].[Zn]. The van der Waals surface area contributed by atoms with Crippen LogP contribution in [0.2, 0.25) is 0 Å². The third-order valence-corrected chi connectivity index (χ3v) is 0. The van der Waals surface area contributed by atoms with Crippen molar-refractivity contribution in [3.8, 4) is 0 Å². The maximum atomic E-state index is 1.49. The summed E-state index contributed by atoms with van der Waals surface area (Å²) in [5.41, 5.74) is 0. The Balaban J connectivity index is -0.00000000500. The van der Waals surface area contributed by atoms with Gasteiger partial charge in [0.25, 0.3) is 0 Å². The van der Waals surface area contributed by atoms with E-state index in [2.05, 4.69) is 0 Å². The summed E-state index contributed by atoms with van der Waals surface area (Å²) in [6.45, 7) is 0. The van der Waals surface area contributed by atoms with E-state index in [0.29, 0.717) is 0 Å². The molecule has 0 saturated carbocycles. The van der Waals surface area contributed by atoms with Crippen LogP contribution in [0.1, 0.15) is 0 Å². The second-order valence-electron chi connectivity index (χ2n) is 0. The smallest absolute Gasteiger partial charge is 0 e. The van der Waals surface area contributed by atoms with Crippen LogP contribution >= 0.6 is 0 Å². The molecule has 0 aromatic carbocycles. The molecular formula is H4AlNiSbZn. The molecule has 0 aliphatic carbocycles. The summed E-state index contributed by atoms with van der Waals surface area (Å²) in [7, 11) is 0. The second-order valence-corrected chi connectivity index (χ2v) is 0. The molecule has 0 atom stereocenters. The van der Waals surface area contributed by atoms with Gasteiger partial charge in [0.1, 0.15) is 0 Å². The van der Waals surface area contributed by atoms with Gasteiger partial charge in [-0.25, -0.2) is 0 Å². The molecule has 0 nitrogen and oxygen atoms in total. The molecule has 0 saturated heterocycles. The summed E-state index contributed by atoms with van der Waals surface area (Å²) in [4.78, 5) is 0. The minimum Gasteiger partial charge on any atom is 0 e. The van der Waals surface area contributed by atoms with Gasteiger partial charge in [0.15, 0.2) is 0 Å². The third-order valence-electron chi connectivity index (χ3n) is 0. The molecule has 0 aliphatic rings. The van der Waals surface area contributed by atoms with Gasteiger partial charge in [0, 0.05) is 36.0 Å². The van der Waals surface area contributed by atoms with Gasteiger partial charge in [0.05, 0.1) is 0 Å². The molecule has 0 N–H and O–H groups in total. The molecule has 0 heterocycles. The van der Waals surface area contributed by atoms with E-state index < -0.39 is 0 Å². The van der Waals surface area contributed by atoms with Crippen molar-refractivity contribution in [3.63, 3.8) is 0 Å². The molecule has 4 heavy (non-hydrogen) atoms. The van der Waals surface area contributed by atoms with Crippen LogP contribution in [0.3, 0.4) is 0 Å². The fourth-order valence-electron chi connectivity index (χ4n) is 0. The summed E-state index contributed by atoms with van der Waals surface area (Å²) < 4.78 is 0. The topological polar surface area (TPSA) is 0 Å². The summed E-state index contributed by atoms with van der Waals surface area (Å²) in [6.07, 6.45) is 0. The molecule has 0 amide bonds. The molecule has 0 aliphatic heterocycles. The standard InChI is InChI=1S/Al.Ni.Sb.Zn.4H. The normalized spacial score (nSPS) is 1.25. The van der Waals surface area contributed by atoms with Crippen molar-refractivity contribution >= 4 is 33.6 Å². The fraction of sp³-hybridized carbons (Fsp3) is 0. The van der Waals surface area contributed by atoms with Gasteiger partial charge >= 0.3 is 33.6 Å². The van der Waals surface area contributed by atoms with Crippen molar-refractivity contribution in [3.05, 3.63) is 0 Å². The van der Waals surface area contributed by atoms with Crippen LogP contribution < -0.4 is 0 Å². The quantitative estimate of drug-likeness (QED) is 0.457. The van der Waals surface area contributed by atoms with Gasteiger partial charge in [-0.2, -0.15) is 0 Å². The van der Waals surface area contributed by atoms with Gasteiger partial charge in [-0.05, 0) is 0 Å². The summed E-state index contributed by atoms with van der Waals surface area (Å²) >= 11 is 2.92. The van der Waals surface area contributed by atoms with Crippen molar-refractivity contribution < 1.29 is 36.0 Å². The molecule has 4 heteroatoms. The summed E-state index contributed by atoms with van der Waals surface area (Å²) in [6, 6.07) is 0. The molecule has 24 valence electrons. The van der Waals surface area contributed by atoms with Crippen molar-refractivity contribution in [2.75, 3.05) is 0 Å². The van der Waals surface area contributed by atoms with Crippen molar-refractivity contribution in [2.24, 2.45) is 0 Å². The Hall–Kier alpha value is 2.47. The average molecular weight is 277 g/mol. The molecule has 0 fully saturated rings. The second kappa shape index (κ2) is 17.9. The Bertz CT molecular complexity index is 8.00. The van der Waals surface area contributed by atoms with Gasteiger partial charge in [-0.3, -0.25) is 0 Å². The van der Waals surface area contributed by atoms with E-state index in [1.54, 1.807) is 0 Å². The first kappa shape index (κ1) is 16.1. The molecular weight excluding hydrogens is 273 g/mol. The van der Waals surface area contributed by atoms with Crippen LogP contribution in [0.15, 0.2) is 0 Å². The van der Waals surface area contributed by atoms with E-state index >= 15 is 0 Å². The minimum atomic E-state index is 0. The minimum absolute atomic E-state index is 0. The van der Waals surface area contributed by atoms with Gasteiger partial charge in [-0.1, -0.05) is 0 Å². The fourth-order valence-corrected chi connectivity index (χ4v) is 0. The zero-order valence-corrected chi connectivity index (χ0v) is 11.9. The van der Waals surface area contributed by atoms with Crippen LogP contribution in [0.25, 0.3) is 0 Å². The molecule has 0 bridgehead atoms. The van der Waals surface area contributed by atoms with E-state index in [1.165, 1.54) is 33.6 Å². The average Bonchev–Trinajstić information content (AvgIpc) is 1.00. The van der Waals surface area contributed by atoms with Crippen LogP contribution in [0.5, 0.6) is 0 Å². The molecule has 0 aromatic rings. The maximum Gasteiger partial charge on any atom is 0 e. The predicted octanol–water partition coefficient (Wildman–Crippen LogP) is -1.84. The predicted molar refractivity (Wildman–Crippen MR) is 17.1 cm³/mol. The first-order valence-corrected chi connectivity index (χ1v) is 11.6. The molecule has 0 aromatic heterocycles. The molecule has 0 rings (SSSR count). The summed E-state index contributed by atoms with van der Waals surface area (Å²) in [5.74, 6) is 0. The van der Waals surface area contributed by atoms with Crippen molar-refractivity contribution in [2.45, 2.75) is 0 Å². The monoisotopic (exact) mass is 274 g/mol. The first-order valence-electron chi connectivity index (χ1n) is 0.577. The Kier molecular flexibility index (Phi) is 72.0. The number of hydrogen-bond donors (Lipinski definition) is 0. The van der Waals surface area contributed by atoms with Crippen LogP contribution in [0.4, 0.5) is 0 Å². The molecule has 0 spiro atoms. The zero-order valence-electron chi connectivity index (χ0n) is 2.60.